The van der Waals surface area contributed by atoms with Crippen molar-refractivity contribution in [3.8, 4) is 16.9 Å². The van der Waals surface area contributed by atoms with E-state index in [2.05, 4.69) is 0 Å². The van der Waals surface area contributed by atoms with E-state index in [1.165, 1.54) is 6.07 Å². The number of benzene rings is 2. The largest absolute Gasteiger partial charge is 0.508 e. The average Bonchev–Trinajstić information content (AvgIpc) is 2.42. The van der Waals surface area contributed by atoms with Gasteiger partial charge in [0.05, 0.1) is 5.56 Å². The van der Waals surface area contributed by atoms with Crippen LogP contribution in [0.5, 0.6) is 5.75 Å². The third-order valence-corrected chi connectivity index (χ3v) is 3.53. The molecule has 0 saturated carbocycles. The third-order valence-electron chi connectivity index (χ3n) is 3.28. The van der Waals surface area contributed by atoms with Crippen LogP contribution < -0.4 is 5.63 Å². The Labute approximate surface area is 120 Å². The van der Waals surface area contributed by atoms with Gasteiger partial charge in [-0.05, 0) is 48.4 Å². The molecule has 0 bridgehead atoms. The van der Waals surface area contributed by atoms with Crippen molar-refractivity contribution in [2.24, 2.45) is 0 Å². The van der Waals surface area contributed by atoms with Crippen molar-refractivity contribution < 1.29 is 9.52 Å². The number of halogens is 1. The van der Waals surface area contributed by atoms with E-state index in [9.17, 15) is 9.90 Å². The molecule has 3 nitrogen and oxygen atoms in total. The molecule has 100 valence electrons. The Morgan fingerprint density at radius 3 is 2.50 bits per heavy atom. The van der Waals surface area contributed by atoms with Gasteiger partial charge in [-0.3, -0.25) is 0 Å². The summed E-state index contributed by atoms with van der Waals surface area (Å²) in [6, 6.07) is 11.7. The van der Waals surface area contributed by atoms with Crippen molar-refractivity contribution in [1.82, 2.24) is 0 Å². The van der Waals surface area contributed by atoms with E-state index in [0.29, 0.717) is 16.2 Å². The first kappa shape index (κ1) is 12.8. The van der Waals surface area contributed by atoms with Crippen LogP contribution in [0.15, 0.2) is 51.7 Å². The maximum Gasteiger partial charge on any atom is 0.344 e. The Bertz CT molecular complexity index is 848. The van der Waals surface area contributed by atoms with E-state index in [0.717, 1.165) is 16.5 Å². The van der Waals surface area contributed by atoms with Crippen LogP contribution in [0.25, 0.3) is 22.1 Å². The fourth-order valence-electron chi connectivity index (χ4n) is 2.29. The SMILES string of the molecule is Cc1c(-c2ccc(Cl)cc2)c(=O)oc2ccc(O)cc12. The van der Waals surface area contributed by atoms with Crippen LogP contribution in [0.3, 0.4) is 0 Å². The second-order valence-electron chi connectivity index (χ2n) is 4.58. The highest BCUT2D eigenvalue weighted by atomic mass is 35.5. The summed E-state index contributed by atoms with van der Waals surface area (Å²) >= 11 is 5.86. The van der Waals surface area contributed by atoms with Crippen LogP contribution in [0.1, 0.15) is 5.56 Å². The molecule has 3 rings (SSSR count). The Kier molecular flexibility index (Phi) is 2.99. The first-order chi connectivity index (χ1) is 9.56. The summed E-state index contributed by atoms with van der Waals surface area (Å²) in [6.45, 7) is 1.84. The molecule has 1 heterocycles. The fourth-order valence-corrected chi connectivity index (χ4v) is 2.42. The van der Waals surface area contributed by atoms with Gasteiger partial charge in [0, 0.05) is 10.4 Å². The number of phenols is 1. The minimum atomic E-state index is -0.400. The van der Waals surface area contributed by atoms with Gasteiger partial charge < -0.3 is 9.52 Å². The van der Waals surface area contributed by atoms with Crippen LogP contribution in [-0.4, -0.2) is 5.11 Å². The van der Waals surface area contributed by atoms with Crippen molar-refractivity contribution in [1.29, 1.82) is 0 Å². The summed E-state index contributed by atoms with van der Waals surface area (Å²) in [7, 11) is 0. The molecule has 0 atom stereocenters. The monoisotopic (exact) mass is 286 g/mol. The van der Waals surface area contributed by atoms with E-state index < -0.39 is 5.63 Å². The molecule has 0 fully saturated rings. The molecule has 0 radical (unpaired) electrons. The smallest absolute Gasteiger partial charge is 0.344 e. The quantitative estimate of drug-likeness (QED) is 0.684. The molecule has 4 heteroatoms. The third kappa shape index (κ3) is 2.06. The molecule has 3 aromatic rings. The Morgan fingerprint density at radius 2 is 1.80 bits per heavy atom. The molecule has 2 aromatic carbocycles. The highest BCUT2D eigenvalue weighted by Gasteiger charge is 2.13. The van der Waals surface area contributed by atoms with Crippen LogP contribution >= 0.6 is 11.6 Å². The van der Waals surface area contributed by atoms with Gasteiger partial charge in [0.2, 0.25) is 0 Å². The molecule has 0 amide bonds. The average molecular weight is 287 g/mol. The first-order valence-corrected chi connectivity index (χ1v) is 6.46. The second kappa shape index (κ2) is 4.69. The number of hydrogen-bond donors (Lipinski definition) is 1. The van der Waals surface area contributed by atoms with Crippen molar-refractivity contribution in [3.05, 3.63) is 63.5 Å². The second-order valence-corrected chi connectivity index (χ2v) is 5.01. The molecule has 20 heavy (non-hydrogen) atoms. The zero-order valence-electron chi connectivity index (χ0n) is 10.7. The number of rotatable bonds is 1. The summed E-state index contributed by atoms with van der Waals surface area (Å²) in [5, 5.41) is 10.9. The number of aryl methyl sites for hydroxylation is 1. The van der Waals surface area contributed by atoms with E-state index >= 15 is 0 Å². The molecule has 0 aliphatic rings. The van der Waals surface area contributed by atoms with Gasteiger partial charge in [-0.2, -0.15) is 0 Å². The summed E-state index contributed by atoms with van der Waals surface area (Å²) in [6.07, 6.45) is 0. The Morgan fingerprint density at radius 1 is 1.10 bits per heavy atom. The minimum Gasteiger partial charge on any atom is -0.508 e. The summed E-state index contributed by atoms with van der Waals surface area (Å²) in [4.78, 5) is 12.2. The molecule has 1 N–H and O–H groups in total. The molecule has 1 aromatic heterocycles. The molecule has 0 unspecified atom stereocenters. The summed E-state index contributed by atoms with van der Waals surface area (Å²) in [5.41, 5.74) is 2.06. The van der Waals surface area contributed by atoms with Gasteiger partial charge in [0.15, 0.2) is 0 Å². The van der Waals surface area contributed by atoms with Crippen LogP contribution in [0, 0.1) is 6.92 Å². The van der Waals surface area contributed by atoms with Crippen molar-refractivity contribution in [2.45, 2.75) is 6.92 Å². The summed E-state index contributed by atoms with van der Waals surface area (Å²) in [5.74, 6) is 0.136. The highest BCUT2D eigenvalue weighted by molar-refractivity contribution is 6.30. The molecular formula is C16H11ClO3. The van der Waals surface area contributed by atoms with Gasteiger partial charge in [0.1, 0.15) is 11.3 Å². The van der Waals surface area contributed by atoms with Crippen LogP contribution in [-0.2, 0) is 0 Å². The molecule has 0 spiro atoms. The molecule has 0 saturated heterocycles. The van der Waals surface area contributed by atoms with E-state index in [4.69, 9.17) is 16.0 Å². The van der Waals surface area contributed by atoms with Crippen molar-refractivity contribution in [3.63, 3.8) is 0 Å². The van der Waals surface area contributed by atoms with Crippen LogP contribution in [0.4, 0.5) is 0 Å². The Hall–Kier alpha value is -2.26. The zero-order valence-corrected chi connectivity index (χ0v) is 11.4. The number of hydrogen-bond acceptors (Lipinski definition) is 3. The minimum absolute atomic E-state index is 0.136. The standard InChI is InChI=1S/C16H11ClO3/c1-9-13-8-12(18)6-7-14(13)20-16(19)15(9)10-2-4-11(17)5-3-10/h2-8,18H,1H3. The van der Waals surface area contributed by atoms with E-state index in [1.54, 1.807) is 36.4 Å². The van der Waals surface area contributed by atoms with E-state index in [-0.39, 0.29) is 5.75 Å². The van der Waals surface area contributed by atoms with Gasteiger partial charge in [-0.25, -0.2) is 4.79 Å². The topological polar surface area (TPSA) is 50.4 Å². The normalized spacial score (nSPS) is 10.9. The van der Waals surface area contributed by atoms with Crippen LogP contribution in [0.2, 0.25) is 5.02 Å². The molecule has 0 aliphatic carbocycles. The molecular weight excluding hydrogens is 276 g/mol. The fraction of sp³-hybridized carbons (Fsp3) is 0.0625. The van der Waals surface area contributed by atoms with Crippen molar-refractivity contribution in [2.75, 3.05) is 0 Å². The predicted octanol–water partition coefficient (Wildman–Crippen LogP) is 4.13. The Balaban J connectivity index is 2.35. The lowest BCUT2D eigenvalue weighted by Gasteiger charge is -2.08. The number of phenolic OH excluding ortho intramolecular Hbond substituents is 1. The van der Waals surface area contributed by atoms with Gasteiger partial charge in [0.25, 0.3) is 0 Å². The van der Waals surface area contributed by atoms with Gasteiger partial charge in [-0.1, -0.05) is 23.7 Å². The maximum absolute atomic E-state index is 12.2. The molecule has 0 aliphatic heterocycles. The lowest BCUT2D eigenvalue weighted by atomic mass is 9.99. The van der Waals surface area contributed by atoms with Gasteiger partial charge in [-0.15, -0.1) is 0 Å². The predicted molar refractivity (Wildman–Crippen MR) is 79.3 cm³/mol. The summed E-state index contributed by atoms with van der Waals surface area (Å²) < 4.78 is 5.31. The lowest BCUT2D eigenvalue weighted by Crippen LogP contribution is -2.05. The van der Waals surface area contributed by atoms with Gasteiger partial charge >= 0.3 is 5.63 Å². The lowest BCUT2D eigenvalue weighted by molar-refractivity contribution is 0.475. The number of aromatic hydroxyl groups is 1. The zero-order chi connectivity index (χ0) is 14.3. The number of fused-ring (bicyclic) bond motifs is 1. The van der Waals surface area contributed by atoms with E-state index in [1.807, 2.05) is 6.92 Å². The van der Waals surface area contributed by atoms with Crippen molar-refractivity contribution >= 4 is 22.6 Å². The first-order valence-electron chi connectivity index (χ1n) is 6.08. The maximum atomic E-state index is 12.2. The highest BCUT2D eigenvalue weighted by Crippen LogP contribution is 2.29.